The van der Waals surface area contributed by atoms with E-state index in [2.05, 4.69) is 27.6 Å². The number of aliphatic hydroxyl groups excluding tert-OH is 2. The number of aromatic nitrogens is 4. The number of thiol groups is 1. The van der Waals surface area contributed by atoms with E-state index in [9.17, 15) is 10.2 Å². The molecule has 0 spiro atoms. The molecule has 8 heteroatoms. The van der Waals surface area contributed by atoms with Crippen molar-refractivity contribution in [2.75, 3.05) is 5.75 Å². The molecule has 96 valence electrons. The van der Waals surface area contributed by atoms with E-state index in [1.165, 1.54) is 12.7 Å². The molecule has 1 aliphatic rings. The van der Waals surface area contributed by atoms with Crippen LogP contribution in [0, 0.1) is 0 Å². The number of hydrogen-bond acceptors (Lipinski definition) is 7. The Labute approximate surface area is 108 Å². The van der Waals surface area contributed by atoms with E-state index >= 15 is 0 Å². The number of rotatable bonds is 2. The summed E-state index contributed by atoms with van der Waals surface area (Å²) in [5.41, 5.74) is 1.16. The number of ether oxygens (including phenoxy) is 1. The normalized spacial score (nSPS) is 32.2. The largest absolute Gasteiger partial charge is 0.387 e. The Morgan fingerprint density at radius 1 is 1.33 bits per heavy atom. The lowest BCUT2D eigenvalue weighted by Gasteiger charge is -2.16. The maximum Gasteiger partial charge on any atom is 0.165 e. The predicted octanol–water partition coefficient (Wildman–Crippen LogP) is -0.625. The molecule has 1 saturated heterocycles. The highest BCUT2D eigenvalue weighted by molar-refractivity contribution is 7.80. The predicted molar refractivity (Wildman–Crippen MR) is 65.1 cm³/mol. The molecule has 3 rings (SSSR count). The van der Waals surface area contributed by atoms with Crippen LogP contribution in [-0.2, 0) is 4.74 Å². The summed E-state index contributed by atoms with van der Waals surface area (Å²) in [6.07, 6.45) is 1.27. The van der Waals surface area contributed by atoms with E-state index in [4.69, 9.17) is 4.74 Å². The van der Waals surface area contributed by atoms with Crippen LogP contribution in [0.25, 0.3) is 11.2 Å². The summed E-state index contributed by atoms with van der Waals surface area (Å²) in [5.74, 6) is 0.330. The lowest BCUT2D eigenvalue weighted by molar-refractivity contribution is -0.0288. The maximum absolute atomic E-state index is 9.99. The summed E-state index contributed by atoms with van der Waals surface area (Å²) < 4.78 is 7.17. The molecule has 0 bridgehead atoms. The Kier molecular flexibility index (Phi) is 2.94. The summed E-state index contributed by atoms with van der Waals surface area (Å²) >= 11 is 4.08. The van der Waals surface area contributed by atoms with Gasteiger partial charge in [0.25, 0.3) is 0 Å². The van der Waals surface area contributed by atoms with E-state index in [1.807, 2.05) is 0 Å². The first-order chi connectivity index (χ1) is 8.72. The summed E-state index contributed by atoms with van der Waals surface area (Å²) in [6.45, 7) is 0. The van der Waals surface area contributed by atoms with Gasteiger partial charge in [-0.25, -0.2) is 15.0 Å². The molecule has 0 radical (unpaired) electrons. The highest BCUT2D eigenvalue weighted by atomic mass is 32.1. The van der Waals surface area contributed by atoms with Crippen molar-refractivity contribution in [1.29, 1.82) is 0 Å². The molecule has 0 aliphatic carbocycles. The molecule has 4 atom stereocenters. The third-order valence-electron chi connectivity index (χ3n) is 3.03. The Morgan fingerprint density at radius 3 is 2.89 bits per heavy atom. The van der Waals surface area contributed by atoms with Crippen molar-refractivity contribution in [1.82, 2.24) is 19.5 Å². The highest BCUT2D eigenvalue weighted by Crippen LogP contribution is 2.31. The van der Waals surface area contributed by atoms with Gasteiger partial charge in [0.05, 0.1) is 18.6 Å². The second-order valence-corrected chi connectivity index (χ2v) is 4.48. The van der Waals surface area contributed by atoms with Gasteiger partial charge >= 0.3 is 0 Å². The van der Waals surface area contributed by atoms with Crippen molar-refractivity contribution in [2.45, 2.75) is 24.5 Å². The average molecular weight is 268 g/mol. The van der Waals surface area contributed by atoms with E-state index in [0.29, 0.717) is 16.9 Å². The monoisotopic (exact) mass is 268 g/mol. The zero-order valence-corrected chi connectivity index (χ0v) is 10.2. The number of imidazole rings is 1. The molecule has 0 aromatic carbocycles. The highest BCUT2D eigenvalue weighted by Gasteiger charge is 2.43. The van der Waals surface area contributed by atoms with Crippen LogP contribution in [-0.4, -0.2) is 53.8 Å². The van der Waals surface area contributed by atoms with E-state index in [-0.39, 0.29) is 0 Å². The third-order valence-corrected chi connectivity index (χ3v) is 3.39. The van der Waals surface area contributed by atoms with Gasteiger partial charge in [0.15, 0.2) is 11.9 Å². The summed E-state index contributed by atoms with van der Waals surface area (Å²) in [6, 6.07) is 0. The van der Waals surface area contributed by atoms with Gasteiger partial charge in [-0.05, 0) is 0 Å². The topological polar surface area (TPSA) is 93.3 Å². The van der Waals surface area contributed by atoms with E-state index < -0.39 is 24.5 Å². The number of nitrogens with zero attached hydrogens (tertiary/aromatic N) is 4. The standard InChI is InChI=1S/C10H12N4O3S/c15-7-6(2-18)17-10(8(7)16)14-4-13-5-1-11-3-12-9(5)14/h1,3-4,6-8,10,15-16,18H,2H2/t6-,7-,8-,10-/m1/s1. The summed E-state index contributed by atoms with van der Waals surface area (Å²) in [7, 11) is 0. The number of hydrogen-bond donors (Lipinski definition) is 3. The molecule has 1 aliphatic heterocycles. The molecular formula is C10H12N4O3S. The van der Waals surface area contributed by atoms with Crippen LogP contribution in [0.2, 0.25) is 0 Å². The van der Waals surface area contributed by atoms with Crippen molar-refractivity contribution in [3.8, 4) is 0 Å². The van der Waals surface area contributed by atoms with Crippen LogP contribution in [0.4, 0.5) is 0 Å². The Hall–Kier alpha value is -1.22. The van der Waals surface area contributed by atoms with Crippen LogP contribution < -0.4 is 0 Å². The van der Waals surface area contributed by atoms with Gasteiger partial charge in [-0.2, -0.15) is 12.6 Å². The smallest absolute Gasteiger partial charge is 0.165 e. The fraction of sp³-hybridized carbons (Fsp3) is 0.500. The molecule has 7 nitrogen and oxygen atoms in total. The number of aliphatic hydroxyl groups is 2. The summed E-state index contributed by atoms with van der Waals surface area (Å²) in [5, 5.41) is 19.8. The quantitative estimate of drug-likeness (QED) is 0.628. The van der Waals surface area contributed by atoms with Gasteiger partial charge in [0, 0.05) is 5.75 Å². The molecule has 2 N–H and O–H groups in total. The molecule has 0 unspecified atom stereocenters. The minimum atomic E-state index is -1.03. The molecule has 1 fully saturated rings. The first kappa shape index (κ1) is 11.8. The van der Waals surface area contributed by atoms with E-state index in [1.54, 1.807) is 10.8 Å². The first-order valence-corrected chi connectivity index (χ1v) is 6.10. The first-order valence-electron chi connectivity index (χ1n) is 5.47. The van der Waals surface area contributed by atoms with Crippen molar-refractivity contribution in [3.63, 3.8) is 0 Å². The average Bonchev–Trinajstić information content (AvgIpc) is 2.93. The Morgan fingerprint density at radius 2 is 2.17 bits per heavy atom. The van der Waals surface area contributed by atoms with Crippen LogP contribution in [0.3, 0.4) is 0 Å². The third kappa shape index (κ3) is 1.69. The van der Waals surface area contributed by atoms with E-state index in [0.717, 1.165) is 0 Å². The molecule has 2 aromatic rings. The molecule has 0 amide bonds. The SMILES string of the molecule is O[C@@H]1[C@H](O)[C@@H](CS)O[C@H]1n1cnc2cncnc21. The van der Waals surface area contributed by atoms with Crippen LogP contribution >= 0.6 is 12.6 Å². The van der Waals surface area contributed by atoms with Crippen molar-refractivity contribution >= 4 is 23.8 Å². The van der Waals surface area contributed by atoms with Gasteiger partial charge in [-0.1, -0.05) is 0 Å². The maximum atomic E-state index is 9.99. The molecule has 0 saturated carbocycles. The summed E-state index contributed by atoms with van der Waals surface area (Å²) in [4.78, 5) is 12.1. The fourth-order valence-electron chi connectivity index (χ4n) is 2.08. The molecule has 18 heavy (non-hydrogen) atoms. The lowest BCUT2D eigenvalue weighted by atomic mass is 10.1. The molecular weight excluding hydrogens is 256 g/mol. The van der Waals surface area contributed by atoms with Gasteiger partial charge in [0.1, 0.15) is 24.1 Å². The van der Waals surface area contributed by atoms with Crippen LogP contribution in [0.15, 0.2) is 18.9 Å². The Bertz CT molecular complexity index is 563. The van der Waals surface area contributed by atoms with Gasteiger partial charge in [-0.3, -0.25) is 4.57 Å². The second kappa shape index (κ2) is 4.47. The second-order valence-electron chi connectivity index (χ2n) is 4.11. The molecule has 2 aromatic heterocycles. The van der Waals surface area contributed by atoms with Crippen molar-refractivity contribution < 1.29 is 14.9 Å². The van der Waals surface area contributed by atoms with Gasteiger partial charge in [-0.15, -0.1) is 0 Å². The van der Waals surface area contributed by atoms with Gasteiger partial charge in [0.2, 0.25) is 0 Å². The van der Waals surface area contributed by atoms with Crippen LogP contribution in [0.1, 0.15) is 6.23 Å². The Balaban J connectivity index is 2.00. The number of fused-ring (bicyclic) bond motifs is 1. The van der Waals surface area contributed by atoms with Crippen LogP contribution in [0.5, 0.6) is 0 Å². The zero-order chi connectivity index (χ0) is 12.7. The molecule has 3 heterocycles. The minimum Gasteiger partial charge on any atom is -0.387 e. The zero-order valence-electron chi connectivity index (χ0n) is 9.29. The van der Waals surface area contributed by atoms with Crippen molar-refractivity contribution in [3.05, 3.63) is 18.9 Å². The van der Waals surface area contributed by atoms with Gasteiger partial charge < -0.3 is 14.9 Å². The minimum absolute atomic E-state index is 0.330. The lowest BCUT2D eigenvalue weighted by Crippen LogP contribution is -2.32. The van der Waals surface area contributed by atoms with Crippen molar-refractivity contribution in [2.24, 2.45) is 0 Å². The fourth-order valence-corrected chi connectivity index (χ4v) is 2.38.